The Labute approximate surface area is 104 Å². The standard InChI is InChI=1S/C13H14FN3O/c1-9(18)16-12(13-15-7-8-17(13)2)10-3-5-11(14)6-4-10/h3-8,12H,1-2H3,(H,16,18). The summed E-state index contributed by atoms with van der Waals surface area (Å²) in [5.74, 6) is 0.240. The van der Waals surface area contributed by atoms with E-state index in [0.717, 1.165) is 5.56 Å². The zero-order chi connectivity index (χ0) is 13.1. The number of imidazole rings is 1. The number of nitrogens with zero attached hydrogens (tertiary/aromatic N) is 2. The number of amides is 1. The lowest BCUT2D eigenvalue weighted by atomic mass is 10.1. The summed E-state index contributed by atoms with van der Waals surface area (Å²) >= 11 is 0. The molecule has 1 amide bonds. The average molecular weight is 247 g/mol. The molecule has 5 heteroatoms. The van der Waals surface area contributed by atoms with Crippen molar-refractivity contribution >= 4 is 5.91 Å². The third kappa shape index (κ3) is 2.56. The first-order valence-electron chi connectivity index (χ1n) is 5.57. The van der Waals surface area contributed by atoms with Gasteiger partial charge in [0.15, 0.2) is 0 Å². The van der Waals surface area contributed by atoms with E-state index >= 15 is 0 Å². The largest absolute Gasteiger partial charge is 0.342 e. The molecule has 0 saturated carbocycles. The number of hydrogen-bond donors (Lipinski definition) is 1. The van der Waals surface area contributed by atoms with Crippen molar-refractivity contribution in [2.24, 2.45) is 7.05 Å². The molecule has 1 atom stereocenters. The number of carbonyl (C=O) groups excluding carboxylic acids is 1. The van der Waals surface area contributed by atoms with Gasteiger partial charge in [0.1, 0.15) is 17.7 Å². The van der Waals surface area contributed by atoms with Crippen LogP contribution in [0.5, 0.6) is 0 Å². The van der Waals surface area contributed by atoms with Crippen molar-refractivity contribution in [1.29, 1.82) is 0 Å². The summed E-state index contributed by atoms with van der Waals surface area (Å²) < 4.78 is 14.7. The van der Waals surface area contributed by atoms with Crippen molar-refractivity contribution in [1.82, 2.24) is 14.9 Å². The number of benzene rings is 1. The van der Waals surface area contributed by atoms with E-state index in [4.69, 9.17) is 0 Å². The van der Waals surface area contributed by atoms with Crippen LogP contribution in [0.2, 0.25) is 0 Å². The molecule has 0 fully saturated rings. The predicted molar refractivity (Wildman–Crippen MR) is 65.3 cm³/mol. The predicted octanol–water partition coefficient (Wildman–Crippen LogP) is 1.78. The molecule has 1 aromatic carbocycles. The van der Waals surface area contributed by atoms with Gasteiger partial charge in [0.25, 0.3) is 0 Å². The highest BCUT2D eigenvalue weighted by Crippen LogP contribution is 2.20. The fraction of sp³-hybridized carbons (Fsp3) is 0.231. The van der Waals surface area contributed by atoms with Crippen LogP contribution in [0.15, 0.2) is 36.7 Å². The summed E-state index contributed by atoms with van der Waals surface area (Å²) in [6.07, 6.45) is 3.46. The average Bonchev–Trinajstić information content (AvgIpc) is 2.73. The van der Waals surface area contributed by atoms with Crippen LogP contribution in [-0.4, -0.2) is 15.5 Å². The molecule has 1 unspecified atom stereocenters. The Morgan fingerprint density at radius 2 is 2.06 bits per heavy atom. The maximum absolute atomic E-state index is 12.9. The number of carbonyl (C=O) groups is 1. The molecule has 0 spiro atoms. The van der Waals surface area contributed by atoms with Gasteiger partial charge in [-0.2, -0.15) is 0 Å². The van der Waals surface area contributed by atoms with Gasteiger partial charge >= 0.3 is 0 Å². The molecule has 4 nitrogen and oxygen atoms in total. The van der Waals surface area contributed by atoms with Crippen molar-refractivity contribution in [2.75, 3.05) is 0 Å². The van der Waals surface area contributed by atoms with Gasteiger partial charge in [-0.05, 0) is 17.7 Å². The molecule has 1 N–H and O–H groups in total. The molecule has 1 aromatic heterocycles. The Balaban J connectivity index is 2.39. The minimum atomic E-state index is -0.372. The normalized spacial score (nSPS) is 12.2. The maximum atomic E-state index is 12.9. The highest BCUT2D eigenvalue weighted by atomic mass is 19.1. The van der Waals surface area contributed by atoms with E-state index in [0.29, 0.717) is 5.82 Å². The lowest BCUT2D eigenvalue weighted by Gasteiger charge is -2.18. The van der Waals surface area contributed by atoms with E-state index in [1.54, 1.807) is 24.5 Å². The van der Waals surface area contributed by atoms with Gasteiger partial charge in [-0.25, -0.2) is 9.37 Å². The SMILES string of the molecule is CC(=O)NC(c1ccc(F)cc1)c1nccn1C. The molecule has 0 aliphatic carbocycles. The van der Waals surface area contributed by atoms with Gasteiger partial charge < -0.3 is 9.88 Å². The van der Waals surface area contributed by atoms with Gasteiger partial charge in [0, 0.05) is 26.4 Å². The smallest absolute Gasteiger partial charge is 0.217 e. The second-order valence-corrected chi connectivity index (χ2v) is 4.08. The topological polar surface area (TPSA) is 46.9 Å². The van der Waals surface area contributed by atoms with E-state index in [1.165, 1.54) is 19.1 Å². The minimum Gasteiger partial charge on any atom is -0.342 e. The maximum Gasteiger partial charge on any atom is 0.217 e. The summed E-state index contributed by atoms with van der Waals surface area (Å²) in [5, 5.41) is 2.81. The van der Waals surface area contributed by atoms with Gasteiger partial charge in [0.05, 0.1) is 0 Å². The Kier molecular flexibility index (Phi) is 3.41. The van der Waals surface area contributed by atoms with Gasteiger partial charge in [-0.3, -0.25) is 4.79 Å². The lowest BCUT2D eigenvalue weighted by Crippen LogP contribution is -2.29. The summed E-state index contributed by atoms with van der Waals surface area (Å²) in [4.78, 5) is 15.5. The molecule has 0 radical (unpaired) electrons. The first kappa shape index (κ1) is 12.3. The van der Waals surface area contributed by atoms with E-state index in [2.05, 4.69) is 10.3 Å². The van der Waals surface area contributed by atoms with Gasteiger partial charge in [-0.15, -0.1) is 0 Å². The molecule has 1 heterocycles. The Morgan fingerprint density at radius 3 is 2.56 bits per heavy atom. The summed E-state index contributed by atoms with van der Waals surface area (Å²) in [6.45, 7) is 1.44. The first-order valence-corrected chi connectivity index (χ1v) is 5.57. The number of halogens is 1. The van der Waals surface area contributed by atoms with Gasteiger partial charge in [0.2, 0.25) is 5.91 Å². The van der Waals surface area contributed by atoms with E-state index in [1.807, 2.05) is 11.6 Å². The van der Waals surface area contributed by atoms with Crippen LogP contribution < -0.4 is 5.32 Å². The molecule has 18 heavy (non-hydrogen) atoms. The minimum absolute atomic E-state index is 0.160. The van der Waals surface area contributed by atoms with E-state index in [9.17, 15) is 9.18 Å². The number of aromatic nitrogens is 2. The lowest BCUT2D eigenvalue weighted by molar-refractivity contribution is -0.119. The molecule has 0 saturated heterocycles. The summed E-state index contributed by atoms with van der Waals surface area (Å²) in [6, 6.07) is 5.65. The molecular weight excluding hydrogens is 233 g/mol. The second kappa shape index (κ2) is 5.00. The highest BCUT2D eigenvalue weighted by Gasteiger charge is 2.19. The third-order valence-electron chi connectivity index (χ3n) is 2.67. The fourth-order valence-corrected chi connectivity index (χ4v) is 1.81. The monoisotopic (exact) mass is 247 g/mol. The Hall–Kier alpha value is -2.17. The van der Waals surface area contributed by atoms with Crippen LogP contribution in [0.1, 0.15) is 24.4 Å². The van der Waals surface area contributed by atoms with Crippen LogP contribution >= 0.6 is 0 Å². The zero-order valence-corrected chi connectivity index (χ0v) is 10.2. The molecule has 0 aliphatic heterocycles. The molecule has 0 bridgehead atoms. The quantitative estimate of drug-likeness (QED) is 0.898. The van der Waals surface area contributed by atoms with Gasteiger partial charge in [-0.1, -0.05) is 12.1 Å². The second-order valence-electron chi connectivity index (χ2n) is 4.08. The Bertz CT molecular complexity index is 548. The molecule has 2 aromatic rings. The third-order valence-corrected chi connectivity index (χ3v) is 2.67. The van der Waals surface area contributed by atoms with Crippen LogP contribution in [0, 0.1) is 5.82 Å². The zero-order valence-electron chi connectivity index (χ0n) is 10.2. The first-order chi connectivity index (χ1) is 8.58. The number of rotatable bonds is 3. The van der Waals surface area contributed by atoms with Crippen molar-refractivity contribution in [2.45, 2.75) is 13.0 Å². The van der Waals surface area contributed by atoms with E-state index in [-0.39, 0.29) is 17.8 Å². The number of hydrogen-bond acceptors (Lipinski definition) is 2. The van der Waals surface area contributed by atoms with Crippen molar-refractivity contribution in [3.8, 4) is 0 Å². The van der Waals surface area contributed by atoms with Crippen LogP contribution in [0.25, 0.3) is 0 Å². The highest BCUT2D eigenvalue weighted by molar-refractivity contribution is 5.73. The van der Waals surface area contributed by atoms with Crippen LogP contribution in [-0.2, 0) is 11.8 Å². The molecule has 2 rings (SSSR count). The van der Waals surface area contributed by atoms with Crippen molar-refractivity contribution in [3.63, 3.8) is 0 Å². The summed E-state index contributed by atoms with van der Waals surface area (Å²) in [5.41, 5.74) is 0.793. The Morgan fingerprint density at radius 1 is 1.39 bits per heavy atom. The van der Waals surface area contributed by atoms with Crippen molar-refractivity contribution in [3.05, 3.63) is 53.9 Å². The summed E-state index contributed by atoms with van der Waals surface area (Å²) in [7, 11) is 1.85. The molecule has 94 valence electrons. The number of aryl methyl sites for hydroxylation is 1. The fourth-order valence-electron chi connectivity index (χ4n) is 1.81. The molecular formula is C13H14FN3O. The number of nitrogens with one attached hydrogen (secondary N) is 1. The van der Waals surface area contributed by atoms with Crippen LogP contribution in [0.4, 0.5) is 4.39 Å². The molecule has 0 aliphatic rings. The van der Waals surface area contributed by atoms with E-state index < -0.39 is 0 Å². The van der Waals surface area contributed by atoms with Crippen molar-refractivity contribution < 1.29 is 9.18 Å². The van der Waals surface area contributed by atoms with Crippen LogP contribution in [0.3, 0.4) is 0 Å².